The van der Waals surface area contributed by atoms with Crippen LogP contribution in [-0.4, -0.2) is 114 Å². The van der Waals surface area contributed by atoms with Gasteiger partial charge in [0.05, 0.1) is 25.8 Å². The highest BCUT2D eigenvalue weighted by Crippen LogP contribution is 2.39. The molecule has 6 rings (SSSR count). The molecule has 2 amide bonds. The molecule has 1 aromatic heterocycles. The Morgan fingerprint density at radius 3 is 2.51 bits per heavy atom. The second-order valence-corrected chi connectivity index (χ2v) is 13.3. The minimum absolute atomic E-state index is 0.00754. The summed E-state index contributed by atoms with van der Waals surface area (Å²) in [5.74, 6) is 0.514. The number of nitrogens with zero attached hydrogens (tertiary/aromatic N) is 5. The lowest BCUT2D eigenvalue weighted by atomic mass is 9.83. The van der Waals surface area contributed by atoms with Crippen molar-refractivity contribution in [2.45, 2.75) is 76.5 Å². The van der Waals surface area contributed by atoms with Gasteiger partial charge in [-0.1, -0.05) is 31.4 Å². The van der Waals surface area contributed by atoms with Crippen LogP contribution in [0.3, 0.4) is 0 Å². The molecule has 2 aromatic rings. The molecule has 11 heteroatoms. The van der Waals surface area contributed by atoms with E-state index in [4.69, 9.17) is 9.47 Å². The number of carbonyl (C=O) groups excluding carboxylic acids is 1. The molecule has 45 heavy (non-hydrogen) atoms. The Morgan fingerprint density at radius 2 is 1.78 bits per heavy atom. The Balaban J connectivity index is 1.28. The van der Waals surface area contributed by atoms with Crippen molar-refractivity contribution in [3.63, 3.8) is 0 Å². The van der Waals surface area contributed by atoms with Crippen molar-refractivity contribution < 1.29 is 28.6 Å². The van der Waals surface area contributed by atoms with Crippen LogP contribution < -0.4 is 9.64 Å². The number of amides is 2. The maximum atomic E-state index is 14.6. The van der Waals surface area contributed by atoms with Gasteiger partial charge in [-0.25, -0.2) is 14.2 Å². The lowest BCUT2D eigenvalue weighted by Crippen LogP contribution is -2.64. The van der Waals surface area contributed by atoms with E-state index in [1.54, 1.807) is 18.3 Å². The van der Waals surface area contributed by atoms with Gasteiger partial charge in [0.2, 0.25) is 11.8 Å². The molecule has 10 nitrogen and oxygen atoms in total. The smallest absolute Gasteiger partial charge is 0.407 e. The molecule has 2 saturated heterocycles. The van der Waals surface area contributed by atoms with Gasteiger partial charge in [-0.15, -0.1) is 0 Å². The van der Waals surface area contributed by atoms with Crippen LogP contribution >= 0.6 is 0 Å². The molecule has 3 fully saturated rings. The van der Waals surface area contributed by atoms with Gasteiger partial charge in [-0.2, -0.15) is 0 Å². The van der Waals surface area contributed by atoms with E-state index in [1.807, 2.05) is 17.9 Å². The SMILES string of the molecule is CC1COCCN1C[C@H]1CN(C(=O)O)[C@H](C)CN1CC(=O)N1c2cc(Cc3ccc(F)cc3)cnc2OCC1C1CCCCC1. The highest BCUT2D eigenvalue weighted by atomic mass is 19.1. The number of morpholine rings is 1. The summed E-state index contributed by atoms with van der Waals surface area (Å²) in [6, 6.07) is 8.23. The molecule has 1 aromatic carbocycles. The van der Waals surface area contributed by atoms with E-state index in [1.165, 1.54) is 23.5 Å². The van der Waals surface area contributed by atoms with Gasteiger partial charge in [0.1, 0.15) is 18.1 Å². The molecule has 0 radical (unpaired) electrons. The molecule has 0 bridgehead atoms. The van der Waals surface area contributed by atoms with Crippen LogP contribution in [0.25, 0.3) is 0 Å². The summed E-state index contributed by atoms with van der Waals surface area (Å²) >= 11 is 0. The highest BCUT2D eigenvalue weighted by molar-refractivity contribution is 5.97. The fourth-order valence-electron chi connectivity index (χ4n) is 7.60. The van der Waals surface area contributed by atoms with E-state index in [-0.39, 0.29) is 42.4 Å². The molecular formula is C34H46FN5O5. The van der Waals surface area contributed by atoms with E-state index in [2.05, 4.69) is 21.7 Å². The Labute approximate surface area is 265 Å². The number of benzene rings is 1. The van der Waals surface area contributed by atoms with Gasteiger partial charge in [0.15, 0.2) is 0 Å². The first-order chi connectivity index (χ1) is 21.8. The molecule has 3 aliphatic heterocycles. The van der Waals surface area contributed by atoms with Crippen molar-refractivity contribution in [3.05, 3.63) is 53.5 Å². The Bertz CT molecular complexity index is 1340. The predicted octanol–water partition coefficient (Wildman–Crippen LogP) is 4.26. The normalized spacial score (nSPS) is 26.7. The van der Waals surface area contributed by atoms with Crippen LogP contribution in [0.1, 0.15) is 57.1 Å². The summed E-state index contributed by atoms with van der Waals surface area (Å²) in [6.45, 7) is 8.22. The monoisotopic (exact) mass is 623 g/mol. The number of piperazine rings is 1. The number of rotatable bonds is 7. The van der Waals surface area contributed by atoms with Crippen LogP contribution in [0.5, 0.6) is 5.88 Å². The van der Waals surface area contributed by atoms with Gasteiger partial charge >= 0.3 is 6.09 Å². The third-order valence-electron chi connectivity index (χ3n) is 10.1. The largest absolute Gasteiger partial charge is 0.474 e. The second kappa shape index (κ2) is 14.0. The van der Waals surface area contributed by atoms with Crippen molar-refractivity contribution in [3.8, 4) is 5.88 Å². The molecule has 4 atom stereocenters. The predicted molar refractivity (Wildman–Crippen MR) is 168 cm³/mol. The first kappa shape index (κ1) is 31.7. The van der Waals surface area contributed by atoms with Crippen molar-refractivity contribution in [2.75, 3.05) is 57.4 Å². The Kier molecular flexibility index (Phi) is 9.87. The number of carbonyl (C=O) groups is 2. The number of aromatic nitrogens is 1. The Morgan fingerprint density at radius 1 is 1.00 bits per heavy atom. The Hall–Kier alpha value is -3.28. The standard InChI is InChI=1S/C34H46FN5O5/c1-23-17-38(29(19-39(23)34(42)43)18-37-12-13-44-21-24(37)2)20-32(41)40-30-15-26(14-25-8-10-28(35)11-9-25)16-36-33(30)45-22-31(40)27-6-4-3-5-7-27/h8-11,15-16,23-24,27,29,31H,3-7,12-14,17-22H2,1-2H3,(H,42,43)/t23-,24?,29+,31?/m1/s1. The number of pyridine rings is 1. The fraction of sp³-hybridized carbons (Fsp3) is 0.618. The lowest BCUT2D eigenvalue weighted by molar-refractivity contribution is -0.123. The molecule has 1 aliphatic carbocycles. The number of anilines is 1. The van der Waals surface area contributed by atoms with E-state index in [0.717, 1.165) is 43.4 Å². The number of carboxylic acid groups (broad SMARTS) is 1. The van der Waals surface area contributed by atoms with Crippen LogP contribution in [0.4, 0.5) is 14.9 Å². The van der Waals surface area contributed by atoms with Gasteiger partial charge in [0.25, 0.3) is 0 Å². The van der Waals surface area contributed by atoms with Gasteiger partial charge in [-0.3, -0.25) is 19.5 Å². The molecule has 4 aliphatic rings. The van der Waals surface area contributed by atoms with Crippen molar-refractivity contribution in [1.29, 1.82) is 0 Å². The third kappa shape index (κ3) is 7.26. The lowest BCUT2D eigenvalue weighted by Gasteiger charge is -2.48. The van der Waals surface area contributed by atoms with Gasteiger partial charge < -0.3 is 19.5 Å². The molecular weight excluding hydrogens is 577 g/mol. The summed E-state index contributed by atoms with van der Waals surface area (Å²) in [5.41, 5.74) is 2.58. The number of halogens is 1. The zero-order valence-electron chi connectivity index (χ0n) is 26.4. The minimum Gasteiger partial charge on any atom is -0.474 e. The van der Waals surface area contributed by atoms with E-state index in [9.17, 15) is 19.1 Å². The number of ether oxygens (including phenoxy) is 2. The third-order valence-corrected chi connectivity index (χ3v) is 10.1. The maximum Gasteiger partial charge on any atom is 0.407 e. The van der Waals surface area contributed by atoms with E-state index >= 15 is 0 Å². The minimum atomic E-state index is -0.923. The summed E-state index contributed by atoms with van der Waals surface area (Å²) in [4.78, 5) is 39.4. The van der Waals surface area contributed by atoms with Crippen LogP contribution in [-0.2, 0) is 16.0 Å². The average molecular weight is 624 g/mol. The van der Waals surface area contributed by atoms with E-state index in [0.29, 0.717) is 63.4 Å². The fourth-order valence-corrected chi connectivity index (χ4v) is 7.60. The number of hydrogen-bond donors (Lipinski definition) is 1. The topological polar surface area (TPSA) is 98.7 Å². The number of fused-ring (bicyclic) bond motifs is 1. The summed E-state index contributed by atoms with van der Waals surface area (Å²) in [5, 5.41) is 9.95. The van der Waals surface area contributed by atoms with Crippen molar-refractivity contribution >= 4 is 17.7 Å². The van der Waals surface area contributed by atoms with Gasteiger partial charge in [-0.05, 0) is 68.4 Å². The van der Waals surface area contributed by atoms with Gasteiger partial charge in [0, 0.05) is 50.5 Å². The highest BCUT2D eigenvalue weighted by Gasteiger charge is 2.42. The summed E-state index contributed by atoms with van der Waals surface area (Å²) < 4.78 is 25.4. The average Bonchev–Trinajstić information content (AvgIpc) is 3.04. The van der Waals surface area contributed by atoms with Crippen molar-refractivity contribution in [2.24, 2.45) is 5.92 Å². The first-order valence-electron chi connectivity index (χ1n) is 16.5. The second-order valence-electron chi connectivity index (χ2n) is 13.3. The molecule has 1 N–H and O–H groups in total. The van der Waals surface area contributed by atoms with Crippen LogP contribution in [0.15, 0.2) is 36.5 Å². The molecule has 0 spiro atoms. The van der Waals surface area contributed by atoms with Crippen LogP contribution in [0.2, 0.25) is 0 Å². The summed E-state index contributed by atoms with van der Waals surface area (Å²) in [6.07, 6.45) is 7.03. The summed E-state index contributed by atoms with van der Waals surface area (Å²) in [7, 11) is 0. The molecule has 244 valence electrons. The first-order valence-corrected chi connectivity index (χ1v) is 16.5. The molecule has 2 unspecified atom stereocenters. The molecule has 4 heterocycles. The molecule has 1 saturated carbocycles. The zero-order chi connectivity index (χ0) is 31.5. The zero-order valence-corrected chi connectivity index (χ0v) is 26.4. The van der Waals surface area contributed by atoms with E-state index < -0.39 is 6.09 Å². The number of hydrogen-bond acceptors (Lipinski definition) is 7. The van der Waals surface area contributed by atoms with Crippen LogP contribution in [0, 0.1) is 11.7 Å². The quantitative estimate of drug-likeness (QED) is 0.489. The van der Waals surface area contributed by atoms with Crippen molar-refractivity contribution in [1.82, 2.24) is 19.7 Å². The maximum absolute atomic E-state index is 14.6.